The van der Waals surface area contributed by atoms with Gasteiger partial charge in [-0.15, -0.1) is 23.9 Å². The van der Waals surface area contributed by atoms with Crippen molar-refractivity contribution in [3.63, 3.8) is 0 Å². The highest BCUT2D eigenvalue weighted by Crippen LogP contribution is 2.36. The molecule has 0 aromatic heterocycles. The number of terminal acetylenes is 1. The highest BCUT2D eigenvalue weighted by Gasteiger charge is 2.33. The summed E-state index contributed by atoms with van der Waals surface area (Å²) in [7, 11) is 0. The van der Waals surface area contributed by atoms with Crippen LogP contribution in [0.15, 0.2) is 48.6 Å². The van der Waals surface area contributed by atoms with Gasteiger partial charge >= 0.3 is 0 Å². The van der Waals surface area contributed by atoms with Gasteiger partial charge < -0.3 is 24.6 Å². The predicted molar refractivity (Wildman–Crippen MR) is 171 cm³/mol. The van der Waals surface area contributed by atoms with Crippen LogP contribution < -0.4 is 10.1 Å². The molecule has 2 N–H and O–H groups in total. The summed E-state index contributed by atoms with van der Waals surface area (Å²) in [6.45, 7) is 2.29. The number of hydrogen-bond donors (Lipinski definition) is 2. The molecule has 1 aliphatic carbocycles. The van der Waals surface area contributed by atoms with Gasteiger partial charge in [-0.1, -0.05) is 49.2 Å². The van der Waals surface area contributed by atoms with Crippen LogP contribution in [0.25, 0.3) is 0 Å². The molecular formula is C35H42ClNO7. The molecule has 0 spiro atoms. The van der Waals surface area contributed by atoms with E-state index in [1.165, 1.54) is 0 Å². The first-order valence-electron chi connectivity index (χ1n) is 15.2. The second-order valence-corrected chi connectivity index (χ2v) is 10.8. The number of unbranched alkanes of at least 4 members (excludes halogenated alkanes) is 4. The van der Waals surface area contributed by atoms with Gasteiger partial charge in [0, 0.05) is 47.7 Å². The molecule has 0 radical (unpaired) electrons. The minimum Gasteiger partial charge on any atom is -0.488 e. The van der Waals surface area contributed by atoms with Crippen LogP contribution in [0.5, 0.6) is 5.75 Å². The first-order valence-corrected chi connectivity index (χ1v) is 15.7. The Morgan fingerprint density at radius 3 is 2.41 bits per heavy atom. The Kier molecular flexibility index (Phi) is 15.7. The standard InChI is InChI=1S/C35H42ClNO7/c1-2-3-6-12-27(38)13-11-21-44-35-26(16-17-30-32(35)34(41)29-15-8-7-14-28(29)33(30)40)25-31(39)37-19-22-43-24-23-42-20-10-5-4-9-18-36/h1,7-8,11,13-17,27,38H,3-6,9-10,12,18-25H2,(H,37,39)/b13-11+. The van der Waals surface area contributed by atoms with Crippen LogP contribution >= 0.6 is 11.6 Å². The van der Waals surface area contributed by atoms with Gasteiger partial charge in [-0.05, 0) is 37.8 Å². The Morgan fingerprint density at radius 1 is 0.932 bits per heavy atom. The molecule has 0 saturated heterocycles. The number of nitrogens with one attached hydrogen (secondary N) is 1. The molecule has 2 aromatic rings. The molecule has 1 atom stereocenters. The third-order valence-electron chi connectivity index (χ3n) is 7.09. The lowest BCUT2D eigenvalue weighted by Crippen LogP contribution is -2.29. The zero-order valence-corrected chi connectivity index (χ0v) is 25.9. The molecule has 9 heteroatoms. The van der Waals surface area contributed by atoms with Crippen LogP contribution in [0.3, 0.4) is 0 Å². The second-order valence-electron chi connectivity index (χ2n) is 10.4. The number of amides is 1. The van der Waals surface area contributed by atoms with Gasteiger partial charge in [0.2, 0.25) is 5.91 Å². The monoisotopic (exact) mass is 623 g/mol. The largest absolute Gasteiger partial charge is 0.488 e. The summed E-state index contributed by atoms with van der Waals surface area (Å²) in [6, 6.07) is 9.89. The van der Waals surface area contributed by atoms with Crippen molar-refractivity contribution in [1.29, 1.82) is 0 Å². The second kappa shape index (κ2) is 19.7. The molecule has 1 unspecified atom stereocenters. The first-order chi connectivity index (χ1) is 21.5. The maximum absolute atomic E-state index is 13.6. The zero-order chi connectivity index (χ0) is 31.6. The molecule has 8 nitrogen and oxygen atoms in total. The average Bonchev–Trinajstić information content (AvgIpc) is 3.03. The molecule has 0 saturated carbocycles. The summed E-state index contributed by atoms with van der Waals surface area (Å²) >= 11 is 5.67. The molecule has 2 aromatic carbocycles. The Morgan fingerprint density at radius 2 is 1.66 bits per heavy atom. The van der Waals surface area contributed by atoms with Crippen LogP contribution in [0.4, 0.5) is 0 Å². The molecule has 236 valence electrons. The van der Waals surface area contributed by atoms with Gasteiger partial charge in [-0.25, -0.2) is 0 Å². The topological polar surface area (TPSA) is 111 Å². The Bertz CT molecular complexity index is 1320. The van der Waals surface area contributed by atoms with E-state index >= 15 is 0 Å². The van der Waals surface area contributed by atoms with Crippen LogP contribution in [0, 0.1) is 12.3 Å². The number of alkyl halides is 1. The van der Waals surface area contributed by atoms with Gasteiger partial charge in [0.15, 0.2) is 11.6 Å². The van der Waals surface area contributed by atoms with Crippen LogP contribution in [0.2, 0.25) is 0 Å². The van der Waals surface area contributed by atoms with E-state index in [-0.39, 0.29) is 47.4 Å². The molecule has 1 aliphatic rings. The number of fused-ring (bicyclic) bond motifs is 2. The van der Waals surface area contributed by atoms with Crippen molar-refractivity contribution < 1.29 is 33.7 Å². The number of aliphatic hydroxyl groups excluding tert-OH is 1. The van der Waals surface area contributed by atoms with E-state index in [1.807, 2.05) is 0 Å². The molecule has 0 aliphatic heterocycles. The number of aliphatic hydroxyl groups is 1. The molecule has 0 fully saturated rings. The number of halogens is 1. The Labute approximate surface area is 265 Å². The van der Waals surface area contributed by atoms with E-state index in [2.05, 4.69) is 11.2 Å². The predicted octanol–water partition coefficient (Wildman–Crippen LogP) is 5.05. The lowest BCUT2D eigenvalue weighted by molar-refractivity contribution is -0.120. The van der Waals surface area contributed by atoms with E-state index in [4.69, 9.17) is 32.2 Å². The first kappa shape index (κ1) is 35.0. The third-order valence-corrected chi connectivity index (χ3v) is 7.36. The summed E-state index contributed by atoms with van der Waals surface area (Å²) in [6.07, 6.45) is 13.8. The highest BCUT2D eigenvalue weighted by molar-refractivity contribution is 6.29. The van der Waals surface area contributed by atoms with E-state index in [0.717, 1.165) is 25.7 Å². The average molecular weight is 624 g/mol. The highest BCUT2D eigenvalue weighted by atomic mass is 35.5. The number of carbonyl (C=O) groups is 3. The van der Waals surface area contributed by atoms with Crippen molar-refractivity contribution in [3.8, 4) is 18.1 Å². The van der Waals surface area contributed by atoms with Crippen LogP contribution in [0.1, 0.15) is 82.4 Å². The van der Waals surface area contributed by atoms with Crippen LogP contribution in [-0.2, 0) is 20.7 Å². The van der Waals surface area contributed by atoms with Gasteiger partial charge in [-0.2, -0.15) is 0 Å². The summed E-state index contributed by atoms with van der Waals surface area (Å²) in [5.41, 5.74) is 1.49. The molecule has 3 rings (SSSR count). The van der Waals surface area contributed by atoms with Crippen molar-refractivity contribution >= 4 is 29.1 Å². The number of hydrogen-bond acceptors (Lipinski definition) is 7. The summed E-state index contributed by atoms with van der Waals surface area (Å²) in [4.78, 5) is 39.6. The summed E-state index contributed by atoms with van der Waals surface area (Å²) in [5, 5.41) is 13.0. The molecule has 0 bridgehead atoms. The lowest BCUT2D eigenvalue weighted by atomic mass is 9.82. The van der Waals surface area contributed by atoms with Gasteiger partial charge in [-0.3, -0.25) is 14.4 Å². The quantitative estimate of drug-likeness (QED) is 0.0739. The third kappa shape index (κ3) is 10.9. The lowest BCUT2D eigenvalue weighted by Gasteiger charge is -2.22. The smallest absolute Gasteiger partial charge is 0.224 e. The van der Waals surface area contributed by atoms with Crippen molar-refractivity contribution in [2.75, 3.05) is 45.5 Å². The van der Waals surface area contributed by atoms with Gasteiger partial charge in [0.1, 0.15) is 12.4 Å². The minimum absolute atomic E-state index is 0.0315. The maximum atomic E-state index is 13.6. The molecule has 0 heterocycles. The molecule has 44 heavy (non-hydrogen) atoms. The molecular weight excluding hydrogens is 582 g/mol. The SMILES string of the molecule is C#CCCCC(O)/C=C/COc1c(CC(=O)NCCOCCOCCCCCCCl)ccc2c1C(=O)c1ccccc1C2=O. The fourth-order valence-corrected chi connectivity index (χ4v) is 5.02. The molecule has 1 amide bonds. The van der Waals surface area contributed by atoms with Crippen molar-refractivity contribution in [1.82, 2.24) is 5.32 Å². The van der Waals surface area contributed by atoms with Crippen LogP contribution in [-0.4, -0.2) is 74.1 Å². The number of rotatable bonds is 21. The van der Waals surface area contributed by atoms with E-state index < -0.39 is 6.10 Å². The fourth-order valence-electron chi connectivity index (χ4n) is 4.83. The van der Waals surface area contributed by atoms with E-state index in [9.17, 15) is 19.5 Å². The Hall–Kier alpha value is -3.48. The zero-order valence-electron chi connectivity index (χ0n) is 25.2. The maximum Gasteiger partial charge on any atom is 0.224 e. The number of ether oxygens (including phenoxy) is 3. The number of ketones is 2. The number of benzene rings is 2. The van der Waals surface area contributed by atoms with Crippen molar-refractivity contribution in [3.05, 3.63) is 76.4 Å². The van der Waals surface area contributed by atoms with Gasteiger partial charge in [0.05, 0.1) is 37.9 Å². The fraction of sp³-hybridized carbons (Fsp3) is 0.457. The summed E-state index contributed by atoms with van der Waals surface area (Å²) < 4.78 is 17.1. The normalized spacial score (nSPS) is 12.9. The van der Waals surface area contributed by atoms with E-state index in [0.29, 0.717) is 74.8 Å². The van der Waals surface area contributed by atoms with E-state index in [1.54, 1.807) is 48.6 Å². The summed E-state index contributed by atoms with van der Waals surface area (Å²) in [5.74, 6) is 2.54. The van der Waals surface area contributed by atoms with Crippen molar-refractivity contribution in [2.45, 2.75) is 57.5 Å². The van der Waals surface area contributed by atoms with Crippen molar-refractivity contribution in [2.24, 2.45) is 0 Å². The van der Waals surface area contributed by atoms with Gasteiger partial charge in [0.25, 0.3) is 0 Å². The minimum atomic E-state index is -0.683. The Balaban J connectivity index is 1.58. The number of carbonyl (C=O) groups excluding carboxylic acids is 3.